The Morgan fingerprint density at radius 3 is 0.958 bits per heavy atom. The maximum atomic E-state index is 14.9. The maximum Gasteiger partial charge on any atom is 0.260 e. The number of hydrogen-bond acceptors (Lipinski definition) is 12. The van der Waals surface area contributed by atoms with Gasteiger partial charge in [0, 0.05) is 68.5 Å². The molecule has 1 saturated carbocycles. The van der Waals surface area contributed by atoms with Crippen LogP contribution in [-0.2, 0) is 40.0 Å². The molecule has 4 aromatic heterocycles. The van der Waals surface area contributed by atoms with Crippen molar-refractivity contribution in [2.24, 2.45) is 29.6 Å². The Bertz CT molecular complexity index is 3830. The van der Waals surface area contributed by atoms with Gasteiger partial charge in [0.1, 0.15) is 11.6 Å². The average Bonchev–Trinajstić information content (AvgIpc) is 1.60. The molecular weight excluding hydrogens is 1820 g/mol. The summed E-state index contributed by atoms with van der Waals surface area (Å²) in [6.07, 6.45) is 55.1. The van der Waals surface area contributed by atoms with Crippen molar-refractivity contribution in [2.45, 2.75) is 394 Å². The van der Waals surface area contributed by atoms with Gasteiger partial charge in [-0.15, -0.1) is 45.3 Å². The molecule has 1 aliphatic carbocycles. The Morgan fingerprint density at radius 1 is 0.378 bits per heavy atom. The lowest BCUT2D eigenvalue weighted by Crippen LogP contribution is -2.59. The first-order valence-corrected chi connectivity index (χ1v) is 53.8. The predicted octanol–water partition coefficient (Wildman–Crippen LogP) is 28.3. The van der Waals surface area contributed by atoms with Crippen LogP contribution in [0.25, 0.3) is 11.1 Å². The van der Waals surface area contributed by atoms with Crippen molar-refractivity contribution in [3.8, 4) is 0 Å². The van der Waals surface area contributed by atoms with Crippen LogP contribution in [0.15, 0.2) is 75.8 Å². The lowest BCUT2D eigenvalue weighted by atomic mass is 9.66. The van der Waals surface area contributed by atoms with Gasteiger partial charge in [0.05, 0.1) is 49.5 Å². The number of thiophene rings is 4. The van der Waals surface area contributed by atoms with E-state index in [0.29, 0.717) is 26.0 Å². The highest BCUT2D eigenvalue weighted by Crippen LogP contribution is 2.48. The fraction of sp³-hybridized carbons (Fsp3) is 0.697. The molecule has 5 aromatic rings. The number of unbranched alkanes of at least 4 members (excludes halogenated alkanes) is 32. The van der Waals surface area contributed by atoms with Gasteiger partial charge in [0.2, 0.25) is 0 Å². The van der Waals surface area contributed by atoms with Crippen molar-refractivity contribution in [1.29, 1.82) is 0 Å². The number of rotatable bonds is 63. The molecule has 119 heavy (non-hydrogen) atoms. The Labute approximate surface area is 768 Å². The molecule has 3 aliphatic rings. The molecular formula is C99H150Br4N4O8S4. The number of benzene rings is 1. The quantitative estimate of drug-likeness (QED) is 0.0278. The molecule has 2 aliphatic heterocycles. The van der Waals surface area contributed by atoms with E-state index in [2.05, 4.69) is 176 Å². The number of anilines is 2. The summed E-state index contributed by atoms with van der Waals surface area (Å²) >= 11 is 20.0. The normalized spacial score (nSPS) is 16.9. The van der Waals surface area contributed by atoms with E-state index in [1.54, 1.807) is 46.9 Å². The van der Waals surface area contributed by atoms with Gasteiger partial charge in [-0.1, -0.05) is 312 Å². The molecule has 8 atom stereocenters. The minimum atomic E-state index is -2.31. The van der Waals surface area contributed by atoms with E-state index in [0.717, 1.165) is 214 Å². The molecule has 8 rings (SSSR count). The van der Waals surface area contributed by atoms with Gasteiger partial charge >= 0.3 is 0 Å². The summed E-state index contributed by atoms with van der Waals surface area (Å²) in [7, 11) is 0. The van der Waals surface area contributed by atoms with Crippen LogP contribution in [0, 0.1) is 29.6 Å². The minimum Gasteiger partial charge on any atom is -0.374 e. The van der Waals surface area contributed by atoms with Crippen LogP contribution in [0.2, 0.25) is 0 Å². The number of Topliss-reactive ketones (excluding diaryl/α,β-unsaturated/α-hetero) is 2. The number of nitrogens with one attached hydrogen (secondary N) is 2. The zero-order valence-corrected chi connectivity index (χ0v) is 83.7. The highest BCUT2D eigenvalue weighted by atomic mass is 79.9. The molecule has 12 nitrogen and oxygen atoms in total. The third-order valence-electron chi connectivity index (χ3n) is 25.4. The molecule has 0 spiro atoms. The predicted molar refractivity (Wildman–Crippen MR) is 520 cm³/mol. The second-order valence-electron chi connectivity index (χ2n) is 35.0. The van der Waals surface area contributed by atoms with E-state index in [1.165, 1.54) is 180 Å². The summed E-state index contributed by atoms with van der Waals surface area (Å²) in [5, 5.41) is 33.5. The highest BCUT2D eigenvalue weighted by molar-refractivity contribution is 9.11. The van der Waals surface area contributed by atoms with Crippen LogP contribution in [0.1, 0.15) is 396 Å². The third-order valence-corrected chi connectivity index (χ3v) is 32.1. The summed E-state index contributed by atoms with van der Waals surface area (Å²) in [6.45, 7) is 19.7. The van der Waals surface area contributed by atoms with E-state index in [-0.39, 0.29) is 33.5 Å². The van der Waals surface area contributed by atoms with Gasteiger partial charge in [-0.2, -0.15) is 0 Å². The Hall–Kier alpha value is -3.18. The summed E-state index contributed by atoms with van der Waals surface area (Å²) in [5.41, 5.74) is -1.08. The van der Waals surface area contributed by atoms with Crippen LogP contribution < -0.4 is 30.9 Å². The smallest absolute Gasteiger partial charge is 0.260 e. The van der Waals surface area contributed by atoms with Gasteiger partial charge in [-0.05, 0) is 194 Å². The summed E-state index contributed by atoms with van der Waals surface area (Å²) < 4.78 is 3.41. The minimum absolute atomic E-state index is 0.115. The standard InChI is InChI=1S/C50H72Br2N2O2S2.C49H78Br2N2O6S2/c1-5-9-13-17-19-23-27-37(25-21-15-11-7-3)35-53-41-33-40-42(34-39(41)47(49(53)55)43-29-31-45(51)57-43)54(50(56)48(40)44-30-32-46(52)58-44)36-38(26-22-16-12-8-4)28-24-20-18-14-10-6-2;1-5-9-13-17-19-22-26-36(25-21-15-11-7-3)35-52-46(56)48(58,42-29-31-44(50)60-42)38-33-41(55)39(34-40(38)54)49(59,43-30-32-45(51)61-43)47(57)53-37(27-23-16-12-8-4)28-24-20-18-14-10-6-2/h29-34,37-38H,5-28,35-36H2,1-4H3;29-32,36-39,58-59H,5-28,33-35H2,1-4H3,(H,52,56)(H,53,57). The molecule has 8 unspecified atom stereocenters. The molecule has 0 bridgehead atoms. The van der Waals surface area contributed by atoms with E-state index in [4.69, 9.17) is 0 Å². The van der Waals surface area contributed by atoms with Gasteiger partial charge in [0.25, 0.3) is 23.6 Å². The number of amides is 4. The molecule has 20 heteroatoms. The zero-order chi connectivity index (χ0) is 86.0. The highest BCUT2D eigenvalue weighted by Gasteiger charge is 2.59. The molecule has 4 amide bonds. The van der Waals surface area contributed by atoms with E-state index < -0.39 is 59.3 Å². The number of ketones is 2. The molecule has 0 radical (unpaired) electrons. The average molecular weight is 1970 g/mol. The second kappa shape index (κ2) is 56.8. The summed E-state index contributed by atoms with van der Waals surface area (Å²) in [5.74, 6) is -3.83. The third kappa shape index (κ3) is 32.0. The van der Waals surface area contributed by atoms with Crippen LogP contribution in [-0.4, -0.2) is 71.1 Å². The molecule has 1 aromatic carbocycles. The lowest BCUT2D eigenvalue weighted by molar-refractivity contribution is -0.168. The SMILES string of the molecule is CCCCCCCCC(CCCCCC)CN1C(=O)C(c2ccc(Br)s2)=c2cc3c(cc21)=C(c1ccc(Br)s1)C(=O)N3CC(CCCCCC)CCCCCCCC.CCCCCCCCC(CCCCCC)CNC(=O)C(O)(c1ccc(Br)s1)C1CC(=O)C(C(O)(C(=O)NC(CCCCCC)CCCCCCCC)c2ccc(Br)s2)CC1=O. The molecule has 6 heterocycles. The van der Waals surface area contributed by atoms with Gasteiger partial charge in [-0.3, -0.25) is 28.8 Å². The summed E-state index contributed by atoms with van der Waals surface area (Å²) in [6, 6.07) is 19.3. The zero-order valence-electron chi connectivity index (χ0n) is 74.1. The van der Waals surface area contributed by atoms with Crippen molar-refractivity contribution in [3.05, 3.63) is 106 Å². The van der Waals surface area contributed by atoms with Crippen molar-refractivity contribution < 1.29 is 39.0 Å². The first kappa shape index (κ1) is 103. The van der Waals surface area contributed by atoms with Crippen molar-refractivity contribution >= 4 is 167 Å². The molecule has 666 valence electrons. The van der Waals surface area contributed by atoms with Gasteiger partial charge < -0.3 is 30.6 Å². The second-order valence-corrected chi connectivity index (χ2v) is 44.8. The number of carbonyl (C=O) groups excluding carboxylic acids is 6. The van der Waals surface area contributed by atoms with Gasteiger partial charge in [0.15, 0.2) is 11.2 Å². The fourth-order valence-corrected chi connectivity index (χ4v) is 24.1. The number of fused-ring (bicyclic) bond motifs is 2. The lowest BCUT2D eigenvalue weighted by Gasteiger charge is -2.41. The van der Waals surface area contributed by atoms with Crippen molar-refractivity contribution in [3.63, 3.8) is 0 Å². The van der Waals surface area contributed by atoms with Crippen molar-refractivity contribution in [2.75, 3.05) is 29.4 Å². The first-order valence-electron chi connectivity index (χ1n) is 47.4. The van der Waals surface area contributed by atoms with E-state index >= 15 is 0 Å². The van der Waals surface area contributed by atoms with E-state index in [1.807, 2.05) is 0 Å². The number of aliphatic hydroxyl groups is 2. The number of halogens is 4. The Balaban J connectivity index is 0.000000329. The first-order chi connectivity index (χ1) is 57.7. The Kier molecular flexibility index (Phi) is 49.1. The monoisotopic (exact) mass is 1970 g/mol. The molecule has 1 fully saturated rings. The van der Waals surface area contributed by atoms with Crippen LogP contribution in [0.4, 0.5) is 11.4 Å². The number of hydrogen-bond donors (Lipinski definition) is 4. The molecule has 0 saturated heterocycles. The summed E-state index contributed by atoms with van der Waals surface area (Å²) in [4.78, 5) is 94.6. The van der Waals surface area contributed by atoms with Crippen LogP contribution in [0.5, 0.6) is 0 Å². The number of nitrogens with zero attached hydrogens (tertiary/aromatic N) is 2. The van der Waals surface area contributed by atoms with Crippen LogP contribution in [0.3, 0.4) is 0 Å². The van der Waals surface area contributed by atoms with Crippen molar-refractivity contribution in [1.82, 2.24) is 10.6 Å². The van der Waals surface area contributed by atoms with E-state index in [9.17, 15) is 39.0 Å². The van der Waals surface area contributed by atoms with Crippen LogP contribution >= 0.6 is 109 Å². The fourth-order valence-electron chi connectivity index (χ4n) is 18.2. The molecule has 4 N–H and O–H groups in total. The number of carbonyl (C=O) groups is 6. The largest absolute Gasteiger partial charge is 0.374 e. The Morgan fingerprint density at radius 2 is 0.655 bits per heavy atom. The van der Waals surface area contributed by atoms with Gasteiger partial charge in [-0.25, -0.2) is 0 Å². The topological polar surface area (TPSA) is 173 Å². The maximum absolute atomic E-state index is 14.9.